The molecule has 0 aromatic heterocycles. The number of benzene rings is 1. The van der Waals surface area contributed by atoms with Crippen molar-refractivity contribution in [1.29, 1.82) is 0 Å². The normalized spacial score (nSPS) is 17.4. The molecule has 204 valence electrons. The number of aryl methyl sites for hydroxylation is 1. The molecule has 7 heteroatoms. The van der Waals surface area contributed by atoms with Gasteiger partial charge in [0, 0.05) is 12.0 Å². The standard InChI is InChI=1S/C30H43NO6/c1-8-13-22(9-2)24(17-15-21-16-18-25(35-6)26(20-21)36-7)37-29(34)23-14-11-12-19-31(23)28(33)27(32)30(4,5)10-3/h8-9,13,16,18,20,23-24H,10-12,14-15,17,19H2,1-7H3/b13-8-,22-9+/t23-,24+/m0/s1. The predicted octanol–water partition coefficient (Wildman–Crippen LogP) is 5.46. The summed E-state index contributed by atoms with van der Waals surface area (Å²) < 4.78 is 16.8. The van der Waals surface area contributed by atoms with E-state index in [1.54, 1.807) is 28.1 Å². The van der Waals surface area contributed by atoms with Crippen LogP contribution in [0.1, 0.15) is 72.3 Å². The van der Waals surface area contributed by atoms with E-state index < -0.39 is 35.2 Å². The Labute approximate surface area is 221 Å². The smallest absolute Gasteiger partial charge is 0.329 e. The van der Waals surface area contributed by atoms with Crippen molar-refractivity contribution in [2.75, 3.05) is 20.8 Å². The number of carbonyl (C=O) groups is 3. The molecule has 0 radical (unpaired) electrons. The Morgan fingerprint density at radius 1 is 1.11 bits per heavy atom. The number of ketones is 1. The van der Waals surface area contributed by atoms with E-state index in [1.165, 1.54) is 4.90 Å². The van der Waals surface area contributed by atoms with Gasteiger partial charge in [0.05, 0.1) is 14.2 Å². The second-order valence-corrected chi connectivity index (χ2v) is 10.0. The molecule has 0 N–H and O–H groups in total. The fourth-order valence-corrected chi connectivity index (χ4v) is 4.43. The number of Topliss-reactive ketones (excluding diaryl/α,β-unsaturated/α-hetero) is 1. The van der Waals surface area contributed by atoms with Crippen LogP contribution in [-0.2, 0) is 25.5 Å². The summed E-state index contributed by atoms with van der Waals surface area (Å²) in [7, 11) is 3.19. The first-order valence-corrected chi connectivity index (χ1v) is 13.2. The van der Waals surface area contributed by atoms with Gasteiger partial charge in [0.15, 0.2) is 11.5 Å². The van der Waals surface area contributed by atoms with Crippen molar-refractivity contribution in [3.63, 3.8) is 0 Å². The molecule has 37 heavy (non-hydrogen) atoms. The quantitative estimate of drug-likeness (QED) is 0.210. The average Bonchev–Trinajstić information content (AvgIpc) is 2.92. The van der Waals surface area contributed by atoms with E-state index in [1.807, 2.05) is 57.2 Å². The molecular weight excluding hydrogens is 470 g/mol. The molecule has 7 nitrogen and oxygen atoms in total. The highest BCUT2D eigenvalue weighted by Gasteiger charge is 2.41. The first kappa shape index (κ1) is 30.1. The van der Waals surface area contributed by atoms with E-state index in [-0.39, 0.29) is 0 Å². The molecule has 1 saturated heterocycles. The third-order valence-corrected chi connectivity index (χ3v) is 7.19. The average molecular weight is 514 g/mol. The third-order valence-electron chi connectivity index (χ3n) is 7.19. The number of allylic oxidation sites excluding steroid dienone is 2. The van der Waals surface area contributed by atoms with Crippen molar-refractivity contribution in [3.8, 4) is 11.5 Å². The van der Waals surface area contributed by atoms with Crippen LogP contribution in [0, 0.1) is 5.41 Å². The molecule has 1 fully saturated rings. The van der Waals surface area contributed by atoms with Crippen molar-refractivity contribution in [1.82, 2.24) is 4.90 Å². The number of carbonyl (C=O) groups excluding carboxylic acids is 3. The van der Waals surface area contributed by atoms with Crippen LogP contribution in [0.4, 0.5) is 0 Å². The van der Waals surface area contributed by atoms with Crippen molar-refractivity contribution in [2.45, 2.75) is 85.3 Å². The zero-order valence-electron chi connectivity index (χ0n) is 23.5. The highest BCUT2D eigenvalue weighted by Crippen LogP contribution is 2.30. The van der Waals surface area contributed by atoms with Crippen molar-refractivity contribution < 1.29 is 28.6 Å². The number of esters is 1. The highest BCUT2D eigenvalue weighted by molar-refractivity contribution is 6.38. The second kappa shape index (κ2) is 14.0. The van der Waals surface area contributed by atoms with Crippen LogP contribution in [0.2, 0.25) is 0 Å². The van der Waals surface area contributed by atoms with Gasteiger partial charge >= 0.3 is 5.97 Å². The lowest BCUT2D eigenvalue weighted by Crippen LogP contribution is -2.53. The first-order valence-electron chi connectivity index (χ1n) is 13.2. The van der Waals surface area contributed by atoms with Gasteiger partial charge in [-0.05, 0) is 75.6 Å². The molecule has 1 aromatic carbocycles. The zero-order chi connectivity index (χ0) is 27.6. The first-order chi connectivity index (χ1) is 17.6. The van der Waals surface area contributed by atoms with Gasteiger partial charge in [0.25, 0.3) is 5.91 Å². The van der Waals surface area contributed by atoms with Crippen molar-refractivity contribution in [2.24, 2.45) is 5.41 Å². The second-order valence-electron chi connectivity index (χ2n) is 10.0. The number of piperidine rings is 1. The Hall–Kier alpha value is -3.09. The minimum absolute atomic E-state index is 0.381. The molecule has 1 aromatic rings. The van der Waals surface area contributed by atoms with E-state index in [4.69, 9.17) is 14.2 Å². The molecule has 2 atom stereocenters. The molecule has 1 heterocycles. The van der Waals surface area contributed by atoms with Gasteiger partial charge in [-0.1, -0.05) is 45.1 Å². The lowest BCUT2D eigenvalue weighted by molar-refractivity contribution is -0.163. The van der Waals surface area contributed by atoms with Gasteiger partial charge in [-0.25, -0.2) is 4.79 Å². The molecule has 1 aliphatic heterocycles. The van der Waals surface area contributed by atoms with E-state index in [0.29, 0.717) is 43.7 Å². The Kier molecular flexibility index (Phi) is 11.4. The van der Waals surface area contributed by atoms with Crippen LogP contribution in [0.25, 0.3) is 0 Å². The van der Waals surface area contributed by atoms with Crippen molar-refractivity contribution >= 4 is 17.7 Å². The Bertz CT molecular complexity index is 1010. The monoisotopic (exact) mass is 513 g/mol. The molecule has 0 bridgehead atoms. The minimum atomic E-state index is -0.769. The number of ether oxygens (including phenoxy) is 3. The topological polar surface area (TPSA) is 82.1 Å². The Morgan fingerprint density at radius 2 is 1.81 bits per heavy atom. The van der Waals surface area contributed by atoms with Crippen LogP contribution < -0.4 is 9.47 Å². The summed E-state index contributed by atoms with van der Waals surface area (Å²) in [5.41, 5.74) is 1.14. The lowest BCUT2D eigenvalue weighted by atomic mass is 9.84. The van der Waals surface area contributed by atoms with Gasteiger partial charge in [-0.15, -0.1) is 0 Å². The maximum atomic E-state index is 13.5. The molecule has 0 saturated carbocycles. The molecule has 1 aliphatic rings. The van der Waals surface area contributed by atoms with Crippen LogP contribution in [0.3, 0.4) is 0 Å². The van der Waals surface area contributed by atoms with Crippen LogP contribution in [-0.4, -0.2) is 55.5 Å². The summed E-state index contributed by atoms with van der Waals surface area (Å²) >= 11 is 0. The van der Waals surface area contributed by atoms with Gasteiger partial charge in [-0.3, -0.25) is 9.59 Å². The number of hydrogen-bond donors (Lipinski definition) is 0. The number of methoxy groups -OCH3 is 2. The zero-order valence-corrected chi connectivity index (χ0v) is 23.5. The number of likely N-dealkylation sites (tertiary alicyclic amines) is 1. The van der Waals surface area contributed by atoms with E-state index >= 15 is 0 Å². The van der Waals surface area contributed by atoms with E-state index in [9.17, 15) is 14.4 Å². The third kappa shape index (κ3) is 7.70. The summed E-state index contributed by atoms with van der Waals surface area (Å²) in [6.45, 7) is 9.63. The molecule has 0 aliphatic carbocycles. The van der Waals surface area contributed by atoms with Gasteiger partial charge < -0.3 is 19.1 Å². The maximum absolute atomic E-state index is 13.5. The van der Waals surface area contributed by atoms with Gasteiger partial charge in [0.1, 0.15) is 12.1 Å². The molecule has 0 spiro atoms. The van der Waals surface area contributed by atoms with E-state index in [2.05, 4.69) is 0 Å². The SMILES string of the molecule is C/C=C\C(=C/C)[C@@H](CCc1ccc(OC)c(OC)c1)OC(=O)[C@@H]1CCCCN1C(=O)C(=O)C(C)(C)CC. The van der Waals surface area contributed by atoms with Gasteiger partial charge in [-0.2, -0.15) is 0 Å². The summed E-state index contributed by atoms with van der Waals surface area (Å²) in [6.07, 6.45) is 9.07. The summed E-state index contributed by atoms with van der Waals surface area (Å²) in [5.74, 6) is -0.210. The van der Waals surface area contributed by atoms with Gasteiger partial charge in [0.2, 0.25) is 5.78 Å². The molecule has 1 amide bonds. The summed E-state index contributed by atoms with van der Waals surface area (Å²) in [6, 6.07) is 4.99. The highest BCUT2D eigenvalue weighted by atomic mass is 16.5. The fraction of sp³-hybridized carbons (Fsp3) is 0.567. The van der Waals surface area contributed by atoms with Crippen LogP contribution in [0.5, 0.6) is 11.5 Å². The van der Waals surface area contributed by atoms with Crippen LogP contribution in [0.15, 0.2) is 42.0 Å². The molecular formula is C30H43NO6. The van der Waals surface area contributed by atoms with Crippen molar-refractivity contribution in [3.05, 3.63) is 47.6 Å². The van der Waals surface area contributed by atoms with Crippen LogP contribution >= 0.6 is 0 Å². The predicted molar refractivity (Wildman–Crippen MR) is 145 cm³/mol. The number of amides is 1. The summed E-state index contributed by atoms with van der Waals surface area (Å²) in [4.78, 5) is 40.9. The largest absolute Gasteiger partial charge is 0.493 e. The summed E-state index contributed by atoms with van der Waals surface area (Å²) in [5, 5.41) is 0. The fourth-order valence-electron chi connectivity index (χ4n) is 4.43. The number of rotatable bonds is 12. The number of nitrogens with zero attached hydrogens (tertiary/aromatic N) is 1. The molecule has 2 rings (SSSR count). The lowest BCUT2D eigenvalue weighted by Gasteiger charge is -2.36. The Balaban J connectivity index is 2.24. The minimum Gasteiger partial charge on any atom is -0.493 e. The van der Waals surface area contributed by atoms with E-state index in [0.717, 1.165) is 24.0 Å². The molecule has 0 unspecified atom stereocenters. The Morgan fingerprint density at radius 3 is 2.41 bits per heavy atom. The maximum Gasteiger partial charge on any atom is 0.329 e. The number of hydrogen-bond acceptors (Lipinski definition) is 6.